The van der Waals surface area contributed by atoms with Crippen molar-refractivity contribution in [3.63, 3.8) is 0 Å². The first-order chi connectivity index (χ1) is 18.5. The van der Waals surface area contributed by atoms with E-state index in [0.29, 0.717) is 13.0 Å². The van der Waals surface area contributed by atoms with Gasteiger partial charge >= 0.3 is 6.09 Å². The van der Waals surface area contributed by atoms with E-state index in [-0.39, 0.29) is 11.9 Å². The summed E-state index contributed by atoms with van der Waals surface area (Å²) in [5, 5.41) is 14.8. The van der Waals surface area contributed by atoms with Gasteiger partial charge in [0.05, 0.1) is 18.8 Å². The predicted molar refractivity (Wildman–Crippen MR) is 151 cm³/mol. The number of carbonyl (C=O) groups excluding carboxylic acids is 1. The Bertz CT molecular complexity index is 1300. The lowest BCUT2D eigenvalue weighted by Crippen LogP contribution is -2.26. The van der Waals surface area contributed by atoms with Crippen molar-refractivity contribution in [1.82, 2.24) is 14.9 Å². The van der Waals surface area contributed by atoms with E-state index >= 15 is 0 Å². The van der Waals surface area contributed by atoms with Gasteiger partial charge in [-0.05, 0) is 36.1 Å². The van der Waals surface area contributed by atoms with Crippen molar-refractivity contribution in [1.29, 1.82) is 0 Å². The number of amides is 1. The minimum atomic E-state index is -0.413. The molecule has 0 radical (unpaired) electrons. The maximum atomic E-state index is 11.8. The van der Waals surface area contributed by atoms with E-state index in [0.717, 1.165) is 47.7 Å². The number of hydrogen-bond donors (Lipinski definition) is 2. The molecular weight excluding hydrogens is 476 g/mol. The second kappa shape index (κ2) is 12.9. The Morgan fingerprint density at radius 3 is 2.29 bits per heavy atom. The summed E-state index contributed by atoms with van der Waals surface area (Å²) in [5.41, 5.74) is 4.76. The Kier molecular flexibility index (Phi) is 9.16. The van der Waals surface area contributed by atoms with Gasteiger partial charge in [-0.1, -0.05) is 86.1 Å². The zero-order chi connectivity index (χ0) is 26.9. The summed E-state index contributed by atoms with van der Waals surface area (Å²) in [6, 6.07) is 27.9. The van der Waals surface area contributed by atoms with Crippen molar-refractivity contribution in [2.45, 2.75) is 45.3 Å². The van der Waals surface area contributed by atoms with Gasteiger partial charge < -0.3 is 19.7 Å². The van der Waals surface area contributed by atoms with E-state index < -0.39 is 6.09 Å². The fraction of sp³-hybridized carbons (Fsp3) is 0.290. The van der Waals surface area contributed by atoms with Crippen LogP contribution in [0.4, 0.5) is 10.5 Å². The number of nitrogens with zero attached hydrogens (tertiary/aromatic N) is 3. The molecule has 1 amide bonds. The van der Waals surface area contributed by atoms with Gasteiger partial charge in [-0.25, -0.2) is 4.79 Å². The van der Waals surface area contributed by atoms with Crippen LogP contribution in [0.15, 0.2) is 84.9 Å². The van der Waals surface area contributed by atoms with Gasteiger partial charge in [-0.3, -0.25) is 4.90 Å². The average Bonchev–Trinajstić information content (AvgIpc) is 3.30. The smallest absolute Gasteiger partial charge is 0.413 e. The lowest BCUT2D eigenvalue weighted by molar-refractivity contribution is 0.180. The van der Waals surface area contributed by atoms with Crippen molar-refractivity contribution in [2.24, 2.45) is 0 Å². The van der Waals surface area contributed by atoms with Crippen molar-refractivity contribution in [2.75, 3.05) is 19.1 Å². The molecule has 1 aromatic heterocycles. The predicted octanol–water partition coefficient (Wildman–Crippen LogP) is 6.33. The third-order valence-electron chi connectivity index (χ3n) is 6.69. The lowest BCUT2D eigenvalue weighted by Gasteiger charge is -2.22. The van der Waals surface area contributed by atoms with Gasteiger partial charge in [0.15, 0.2) is 0 Å². The highest BCUT2D eigenvalue weighted by Gasteiger charge is 2.25. The number of carbonyl (C=O) groups is 1. The number of aromatic nitrogens is 2. The maximum absolute atomic E-state index is 11.8. The van der Waals surface area contributed by atoms with Gasteiger partial charge in [-0.15, -0.1) is 0 Å². The van der Waals surface area contributed by atoms with Crippen molar-refractivity contribution in [3.05, 3.63) is 102 Å². The number of ether oxygens (including phenoxy) is 1. The van der Waals surface area contributed by atoms with Crippen molar-refractivity contribution < 1.29 is 14.6 Å². The number of anilines is 1. The Labute approximate surface area is 224 Å². The molecule has 0 fully saturated rings. The summed E-state index contributed by atoms with van der Waals surface area (Å²) in [6.07, 6.45) is 2.30. The molecule has 0 aliphatic heterocycles. The van der Waals surface area contributed by atoms with Gasteiger partial charge in [0, 0.05) is 31.4 Å². The molecule has 0 saturated carbocycles. The highest BCUT2D eigenvalue weighted by Crippen LogP contribution is 2.33. The molecule has 0 spiro atoms. The Morgan fingerprint density at radius 1 is 1.00 bits per heavy atom. The number of rotatable bonds is 11. The largest absolute Gasteiger partial charge is 0.492 e. The molecule has 0 aliphatic carbocycles. The van der Waals surface area contributed by atoms with Crippen LogP contribution in [-0.2, 0) is 24.2 Å². The SMILES string of the molecule is CCCCn1c(-c2ccccc2)nc(O)c1C(Cc1ccccc1)NCc1ccc(N(C)C(=O)OC)cc1. The first-order valence-corrected chi connectivity index (χ1v) is 13.0. The first kappa shape index (κ1) is 26.9. The van der Waals surface area contributed by atoms with Gasteiger partial charge in [0.1, 0.15) is 5.82 Å². The molecule has 198 valence electrons. The second-order valence-corrected chi connectivity index (χ2v) is 9.33. The number of unbranched alkanes of at least 4 members (excludes halogenated alkanes) is 1. The number of imidazole rings is 1. The van der Waals surface area contributed by atoms with Crippen LogP contribution in [0.2, 0.25) is 0 Å². The lowest BCUT2D eigenvalue weighted by atomic mass is 10.0. The molecule has 7 heteroatoms. The van der Waals surface area contributed by atoms with E-state index in [9.17, 15) is 9.90 Å². The highest BCUT2D eigenvalue weighted by molar-refractivity contribution is 5.86. The summed E-state index contributed by atoms with van der Waals surface area (Å²) in [6.45, 7) is 3.52. The minimum absolute atomic E-state index is 0.0587. The van der Waals surface area contributed by atoms with Crippen LogP contribution in [0.25, 0.3) is 11.4 Å². The van der Waals surface area contributed by atoms with E-state index in [1.165, 1.54) is 17.6 Å². The fourth-order valence-corrected chi connectivity index (χ4v) is 4.58. The topological polar surface area (TPSA) is 79.6 Å². The Hall–Kier alpha value is -4.10. The molecule has 2 N–H and O–H groups in total. The van der Waals surface area contributed by atoms with E-state index in [2.05, 4.69) is 33.9 Å². The number of methoxy groups -OCH3 is 1. The Balaban J connectivity index is 1.65. The second-order valence-electron chi connectivity index (χ2n) is 9.33. The quantitative estimate of drug-likeness (QED) is 0.245. The van der Waals surface area contributed by atoms with Gasteiger partial charge in [-0.2, -0.15) is 4.98 Å². The maximum Gasteiger partial charge on any atom is 0.413 e. The summed E-state index contributed by atoms with van der Waals surface area (Å²) in [7, 11) is 3.05. The van der Waals surface area contributed by atoms with Crippen LogP contribution in [-0.4, -0.2) is 34.9 Å². The van der Waals surface area contributed by atoms with Crippen LogP contribution in [0, 0.1) is 0 Å². The van der Waals surface area contributed by atoms with Gasteiger partial charge in [0.2, 0.25) is 5.88 Å². The molecule has 1 heterocycles. The number of aromatic hydroxyl groups is 1. The van der Waals surface area contributed by atoms with Crippen LogP contribution in [0.5, 0.6) is 5.88 Å². The summed E-state index contributed by atoms with van der Waals surface area (Å²) >= 11 is 0. The first-order valence-electron chi connectivity index (χ1n) is 13.0. The highest BCUT2D eigenvalue weighted by atomic mass is 16.5. The molecule has 4 rings (SSSR count). The van der Waals surface area contributed by atoms with E-state index in [4.69, 9.17) is 4.74 Å². The monoisotopic (exact) mass is 512 g/mol. The molecule has 3 aromatic carbocycles. The molecule has 7 nitrogen and oxygen atoms in total. The van der Waals surface area contributed by atoms with Crippen LogP contribution >= 0.6 is 0 Å². The number of nitrogens with one attached hydrogen (secondary N) is 1. The van der Waals surface area contributed by atoms with Crippen molar-refractivity contribution in [3.8, 4) is 17.3 Å². The molecule has 38 heavy (non-hydrogen) atoms. The molecule has 1 atom stereocenters. The summed E-state index contributed by atoms with van der Waals surface area (Å²) in [4.78, 5) is 17.9. The average molecular weight is 513 g/mol. The molecule has 0 saturated heterocycles. The number of hydrogen-bond acceptors (Lipinski definition) is 5. The van der Waals surface area contributed by atoms with Crippen molar-refractivity contribution >= 4 is 11.8 Å². The minimum Gasteiger partial charge on any atom is -0.492 e. The van der Waals surface area contributed by atoms with Crippen LogP contribution in [0.3, 0.4) is 0 Å². The molecule has 0 aliphatic rings. The standard InChI is InChI=1S/C31H36N4O3/c1-4-5-20-35-28(30(36)33-29(35)25-14-10-7-11-15-25)27(21-23-12-8-6-9-13-23)32-22-24-16-18-26(19-17-24)34(2)31(37)38-3/h6-19,27,32,36H,4-5,20-22H2,1-3H3. The molecule has 4 aromatic rings. The van der Waals surface area contributed by atoms with Crippen LogP contribution < -0.4 is 10.2 Å². The summed E-state index contributed by atoms with van der Waals surface area (Å²) < 4.78 is 6.98. The molecule has 0 bridgehead atoms. The summed E-state index contributed by atoms with van der Waals surface area (Å²) in [5.74, 6) is 0.838. The fourth-order valence-electron chi connectivity index (χ4n) is 4.58. The zero-order valence-electron chi connectivity index (χ0n) is 22.3. The third-order valence-corrected chi connectivity index (χ3v) is 6.69. The van der Waals surface area contributed by atoms with Gasteiger partial charge in [0.25, 0.3) is 0 Å². The molecule has 1 unspecified atom stereocenters. The zero-order valence-corrected chi connectivity index (χ0v) is 22.3. The van der Waals surface area contributed by atoms with Crippen LogP contribution in [0.1, 0.15) is 42.6 Å². The molecular formula is C31H36N4O3. The number of benzene rings is 3. The Morgan fingerprint density at radius 2 is 1.66 bits per heavy atom. The normalized spacial score (nSPS) is 11.8. The third kappa shape index (κ3) is 6.42. The van der Waals surface area contributed by atoms with E-state index in [1.54, 1.807) is 7.05 Å². The van der Waals surface area contributed by atoms with E-state index in [1.807, 2.05) is 72.8 Å².